The normalized spacial score (nSPS) is 18.0. The first-order chi connectivity index (χ1) is 13.0. The van der Waals surface area contributed by atoms with Crippen LogP contribution < -0.4 is 0 Å². The Bertz CT molecular complexity index is 927. The number of amides is 4. The molecule has 0 spiro atoms. The van der Waals surface area contributed by atoms with Crippen molar-refractivity contribution < 1.29 is 19.2 Å². The molecule has 4 rings (SSSR count). The predicted molar refractivity (Wildman–Crippen MR) is 97.4 cm³/mol. The van der Waals surface area contributed by atoms with E-state index in [0.29, 0.717) is 28.7 Å². The highest BCUT2D eigenvalue weighted by Crippen LogP contribution is 2.31. The molecule has 0 radical (unpaired) electrons. The molecule has 27 heavy (non-hydrogen) atoms. The molecule has 0 saturated heterocycles. The molecule has 0 aliphatic carbocycles. The van der Waals surface area contributed by atoms with Crippen LogP contribution in [-0.4, -0.2) is 45.5 Å². The predicted octanol–water partition coefficient (Wildman–Crippen LogP) is 2.75. The van der Waals surface area contributed by atoms with E-state index < -0.39 is 23.9 Å². The largest absolute Gasteiger partial charge is 0.269 e. The van der Waals surface area contributed by atoms with Crippen molar-refractivity contribution in [3.8, 4) is 0 Å². The fourth-order valence-corrected chi connectivity index (χ4v) is 4.00. The molecule has 2 aliphatic rings. The molecule has 0 fully saturated rings. The minimum atomic E-state index is -0.635. The summed E-state index contributed by atoms with van der Waals surface area (Å²) in [6, 6.07) is 12.1. The van der Waals surface area contributed by atoms with Crippen LogP contribution >= 0.6 is 0 Å². The number of hydrogen-bond acceptors (Lipinski definition) is 4. The molecule has 2 aromatic carbocycles. The van der Waals surface area contributed by atoms with Crippen molar-refractivity contribution in [2.45, 2.75) is 32.4 Å². The summed E-state index contributed by atoms with van der Waals surface area (Å²) >= 11 is 0. The van der Waals surface area contributed by atoms with Crippen molar-refractivity contribution in [3.05, 3.63) is 70.8 Å². The van der Waals surface area contributed by atoms with Gasteiger partial charge in [0.05, 0.1) is 34.3 Å². The van der Waals surface area contributed by atoms with Crippen LogP contribution in [0, 0.1) is 0 Å². The van der Waals surface area contributed by atoms with Gasteiger partial charge in [0, 0.05) is 0 Å². The second-order valence-electron chi connectivity index (χ2n) is 6.77. The Balaban J connectivity index is 1.69. The zero-order valence-electron chi connectivity index (χ0n) is 15.0. The van der Waals surface area contributed by atoms with Gasteiger partial charge in [0.2, 0.25) is 0 Å². The third kappa shape index (κ3) is 2.33. The average Bonchev–Trinajstić information content (AvgIpc) is 3.09. The topological polar surface area (TPSA) is 74.8 Å². The van der Waals surface area contributed by atoms with Crippen LogP contribution in [0.4, 0.5) is 0 Å². The van der Waals surface area contributed by atoms with Crippen LogP contribution in [-0.2, 0) is 0 Å². The molecule has 2 aliphatic heterocycles. The summed E-state index contributed by atoms with van der Waals surface area (Å²) in [6.07, 6.45) is 0.431. The maximum absolute atomic E-state index is 12.8. The second kappa shape index (κ2) is 6.16. The van der Waals surface area contributed by atoms with Crippen LogP contribution in [0.5, 0.6) is 0 Å². The average molecular weight is 362 g/mol. The van der Waals surface area contributed by atoms with Crippen molar-refractivity contribution in [1.29, 1.82) is 0 Å². The molecule has 2 heterocycles. The van der Waals surface area contributed by atoms with Gasteiger partial charge in [-0.1, -0.05) is 31.2 Å². The minimum Gasteiger partial charge on any atom is -0.269 e. The van der Waals surface area contributed by atoms with Crippen LogP contribution in [0.1, 0.15) is 61.7 Å². The van der Waals surface area contributed by atoms with Gasteiger partial charge in [0.15, 0.2) is 0 Å². The number of rotatable bonds is 4. The third-order valence-electron chi connectivity index (χ3n) is 5.37. The number of benzene rings is 2. The van der Waals surface area contributed by atoms with E-state index in [1.54, 1.807) is 55.5 Å². The summed E-state index contributed by atoms with van der Waals surface area (Å²) in [4.78, 5) is 53.6. The van der Waals surface area contributed by atoms with Crippen LogP contribution in [0.3, 0.4) is 0 Å². The van der Waals surface area contributed by atoms with E-state index in [-0.39, 0.29) is 11.8 Å². The van der Waals surface area contributed by atoms with Crippen LogP contribution in [0.2, 0.25) is 0 Å². The third-order valence-corrected chi connectivity index (χ3v) is 5.37. The van der Waals surface area contributed by atoms with E-state index in [2.05, 4.69) is 0 Å². The lowest BCUT2D eigenvalue weighted by Crippen LogP contribution is -2.53. The summed E-state index contributed by atoms with van der Waals surface area (Å²) in [5.41, 5.74) is 1.42. The molecule has 6 nitrogen and oxygen atoms in total. The Morgan fingerprint density at radius 2 is 1.00 bits per heavy atom. The smallest absolute Gasteiger partial charge is 0.261 e. The Morgan fingerprint density at radius 1 is 0.667 bits per heavy atom. The van der Waals surface area contributed by atoms with Gasteiger partial charge < -0.3 is 0 Å². The summed E-state index contributed by atoms with van der Waals surface area (Å²) < 4.78 is 0. The monoisotopic (exact) mass is 362 g/mol. The highest BCUT2D eigenvalue weighted by atomic mass is 16.2. The molecule has 2 unspecified atom stereocenters. The summed E-state index contributed by atoms with van der Waals surface area (Å²) in [7, 11) is 0. The fourth-order valence-electron chi connectivity index (χ4n) is 4.00. The minimum absolute atomic E-state index is 0.353. The molecule has 0 saturated carbocycles. The molecule has 2 aromatic rings. The molecular weight excluding hydrogens is 344 g/mol. The second-order valence-corrected chi connectivity index (χ2v) is 6.77. The van der Waals surface area contributed by atoms with Crippen molar-refractivity contribution in [2.24, 2.45) is 0 Å². The van der Waals surface area contributed by atoms with E-state index >= 15 is 0 Å². The first kappa shape index (κ1) is 17.1. The molecule has 6 heteroatoms. The lowest BCUT2D eigenvalue weighted by molar-refractivity contribution is 0.0377. The Labute approximate surface area is 156 Å². The number of carbonyl (C=O) groups excluding carboxylic acids is 4. The van der Waals surface area contributed by atoms with E-state index in [9.17, 15) is 19.2 Å². The van der Waals surface area contributed by atoms with Crippen molar-refractivity contribution >= 4 is 23.6 Å². The van der Waals surface area contributed by atoms with Gasteiger partial charge in [0.1, 0.15) is 0 Å². The van der Waals surface area contributed by atoms with Crippen molar-refractivity contribution in [2.75, 3.05) is 0 Å². The lowest BCUT2D eigenvalue weighted by atomic mass is 10.0. The van der Waals surface area contributed by atoms with E-state index in [4.69, 9.17) is 0 Å². The van der Waals surface area contributed by atoms with Gasteiger partial charge in [-0.2, -0.15) is 0 Å². The number of nitrogens with zero attached hydrogens (tertiary/aromatic N) is 2. The SMILES string of the molecule is CCC(C(C)N1C(=O)c2ccccc2C1=O)N1C(=O)c2ccccc2C1=O. The molecular formula is C21H18N2O4. The van der Waals surface area contributed by atoms with Gasteiger partial charge in [-0.3, -0.25) is 29.0 Å². The van der Waals surface area contributed by atoms with Gasteiger partial charge in [-0.15, -0.1) is 0 Å². The Kier molecular flexibility index (Phi) is 3.91. The fraction of sp³-hybridized carbons (Fsp3) is 0.238. The highest BCUT2D eigenvalue weighted by Gasteiger charge is 2.46. The number of fused-ring (bicyclic) bond motifs is 2. The van der Waals surface area contributed by atoms with Crippen molar-refractivity contribution in [3.63, 3.8) is 0 Å². The maximum atomic E-state index is 12.8. The molecule has 136 valence electrons. The van der Waals surface area contributed by atoms with Crippen LogP contribution in [0.25, 0.3) is 0 Å². The van der Waals surface area contributed by atoms with E-state index in [1.165, 1.54) is 9.80 Å². The highest BCUT2D eigenvalue weighted by molar-refractivity contribution is 6.23. The summed E-state index contributed by atoms with van der Waals surface area (Å²) in [5, 5.41) is 0. The lowest BCUT2D eigenvalue weighted by Gasteiger charge is -2.34. The molecule has 4 amide bonds. The molecule has 2 atom stereocenters. The molecule has 0 aromatic heterocycles. The summed E-state index contributed by atoms with van der Waals surface area (Å²) in [5.74, 6) is -1.55. The standard InChI is InChI=1S/C21H18N2O4/c1-3-17(23-20(26)15-10-6-7-11-16(15)21(23)27)12(2)22-18(24)13-8-4-5-9-14(13)19(22)25/h4-12,17H,3H2,1-2H3. The first-order valence-corrected chi connectivity index (χ1v) is 8.91. The molecule has 0 bridgehead atoms. The number of imide groups is 2. The molecule has 0 N–H and O–H groups in total. The first-order valence-electron chi connectivity index (χ1n) is 8.91. The van der Waals surface area contributed by atoms with Gasteiger partial charge in [-0.25, -0.2) is 0 Å². The summed E-state index contributed by atoms with van der Waals surface area (Å²) in [6.45, 7) is 3.54. The van der Waals surface area contributed by atoms with Crippen LogP contribution in [0.15, 0.2) is 48.5 Å². The maximum Gasteiger partial charge on any atom is 0.261 e. The quantitative estimate of drug-likeness (QED) is 0.784. The Morgan fingerprint density at radius 3 is 1.33 bits per heavy atom. The van der Waals surface area contributed by atoms with E-state index in [0.717, 1.165) is 0 Å². The Hall–Kier alpha value is -3.28. The van der Waals surface area contributed by atoms with E-state index in [1.807, 2.05) is 6.92 Å². The van der Waals surface area contributed by atoms with Gasteiger partial charge in [0.25, 0.3) is 23.6 Å². The van der Waals surface area contributed by atoms with Gasteiger partial charge >= 0.3 is 0 Å². The number of carbonyl (C=O) groups is 4. The number of hydrogen-bond donors (Lipinski definition) is 0. The zero-order valence-corrected chi connectivity index (χ0v) is 15.0. The van der Waals surface area contributed by atoms with Gasteiger partial charge in [-0.05, 0) is 37.6 Å². The zero-order chi connectivity index (χ0) is 19.3. The van der Waals surface area contributed by atoms with Crippen molar-refractivity contribution in [1.82, 2.24) is 9.80 Å².